The van der Waals surface area contributed by atoms with Crippen LogP contribution in [0.15, 0.2) is 5.10 Å². The van der Waals surface area contributed by atoms with Gasteiger partial charge in [-0.3, -0.25) is 5.43 Å². The third kappa shape index (κ3) is 1.66. The van der Waals surface area contributed by atoms with Gasteiger partial charge in [0, 0.05) is 6.42 Å². The van der Waals surface area contributed by atoms with Gasteiger partial charge in [0.25, 0.3) is 0 Å². The minimum absolute atomic E-state index is 0.0470. The Hall–Kier alpha value is -1.27. The van der Waals surface area contributed by atoms with E-state index < -0.39 is 29.8 Å². The van der Waals surface area contributed by atoms with Crippen LogP contribution < -0.4 is 5.43 Å². The van der Waals surface area contributed by atoms with Crippen LogP contribution in [0.2, 0.25) is 0 Å². The molecule has 7 heteroatoms. The summed E-state index contributed by atoms with van der Waals surface area (Å²) in [5, 5.41) is 11.8. The molecule has 0 spiro atoms. The Labute approximate surface area is 77.8 Å². The van der Waals surface area contributed by atoms with Crippen molar-refractivity contribution in [2.75, 3.05) is 0 Å². The SMILES string of the molecule is CCC1(C(=O)O)CC(C(F)(F)F)=NN1. The van der Waals surface area contributed by atoms with Gasteiger partial charge in [-0.2, -0.15) is 18.3 Å². The van der Waals surface area contributed by atoms with Crippen LogP contribution in [-0.2, 0) is 4.79 Å². The summed E-state index contributed by atoms with van der Waals surface area (Å²) in [5.74, 6) is -1.32. The number of hydrazone groups is 1. The van der Waals surface area contributed by atoms with E-state index in [1.807, 2.05) is 5.43 Å². The van der Waals surface area contributed by atoms with Gasteiger partial charge < -0.3 is 5.11 Å². The summed E-state index contributed by atoms with van der Waals surface area (Å²) in [7, 11) is 0. The fraction of sp³-hybridized carbons (Fsp3) is 0.714. The van der Waals surface area contributed by atoms with Gasteiger partial charge in [0.2, 0.25) is 0 Å². The lowest BCUT2D eigenvalue weighted by molar-refractivity contribution is -0.144. The van der Waals surface area contributed by atoms with E-state index in [-0.39, 0.29) is 6.42 Å². The number of hydrogen-bond acceptors (Lipinski definition) is 3. The van der Waals surface area contributed by atoms with Gasteiger partial charge in [0.05, 0.1) is 0 Å². The van der Waals surface area contributed by atoms with Gasteiger partial charge >= 0.3 is 12.1 Å². The number of carboxylic acids is 1. The van der Waals surface area contributed by atoms with E-state index in [0.717, 1.165) is 0 Å². The van der Waals surface area contributed by atoms with E-state index in [0.29, 0.717) is 0 Å². The summed E-state index contributed by atoms with van der Waals surface area (Å²) in [5.41, 5.74) is -0.616. The third-order valence-corrected chi connectivity index (χ3v) is 2.21. The standard InChI is InChI=1S/C7H9F3N2O2/c1-2-6(5(13)14)3-4(11-12-6)7(8,9)10/h12H,2-3H2,1H3,(H,13,14). The van der Waals surface area contributed by atoms with E-state index in [1.165, 1.54) is 6.92 Å². The molecule has 80 valence electrons. The van der Waals surface area contributed by atoms with Crippen LogP contribution in [0.25, 0.3) is 0 Å². The summed E-state index contributed by atoms with van der Waals surface area (Å²) in [6.45, 7) is 1.50. The van der Waals surface area contributed by atoms with Crippen molar-refractivity contribution >= 4 is 11.7 Å². The van der Waals surface area contributed by atoms with Crippen molar-refractivity contribution in [2.45, 2.75) is 31.5 Å². The molecule has 0 fully saturated rings. The van der Waals surface area contributed by atoms with Gasteiger partial charge in [0.15, 0.2) is 5.54 Å². The summed E-state index contributed by atoms with van der Waals surface area (Å²) < 4.78 is 36.4. The molecule has 0 aromatic carbocycles. The second kappa shape index (κ2) is 3.14. The van der Waals surface area contributed by atoms with E-state index in [9.17, 15) is 18.0 Å². The number of nitrogens with zero attached hydrogens (tertiary/aromatic N) is 1. The van der Waals surface area contributed by atoms with Gasteiger partial charge in [-0.05, 0) is 6.42 Å². The number of carboxylic acid groups (broad SMARTS) is 1. The van der Waals surface area contributed by atoms with Gasteiger partial charge in [-0.1, -0.05) is 6.92 Å². The molecule has 0 amide bonds. The summed E-state index contributed by atoms with van der Waals surface area (Å²) in [6, 6.07) is 0. The van der Waals surface area contributed by atoms with Crippen molar-refractivity contribution in [2.24, 2.45) is 5.10 Å². The maximum absolute atomic E-state index is 12.1. The highest BCUT2D eigenvalue weighted by Crippen LogP contribution is 2.30. The zero-order valence-electron chi connectivity index (χ0n) is 7.35. The van der Waals surface area contributed by atoms with Crippen LogP contribution >= 0.6 is 0 Å². The van der Waals surface area contributed by atoms with Crippen LogP contribution in [0.4, 0.5) is 13.2 Å². The highest BCUT2D eigenvalue weighted by atomic mass is 19.4. The van der Waals surface area contributed by atoms with E-state index >= 15 is 0 Å². The second-order valence-electron chi connectivity index (χ2n) is 3.09. The largest absolute Gasteiger partial charge is 0.479 e. The van der Waals surface area contributed by atoms with Crippen molar-refractivity contribution in [1.29, 1.82) is 0 Å². The number of carbonyl (C=O) groups is 1. The molecular formula is C7H9F3N2O2. The maximum Gasteiger partial charge on any atom is 0.431 e. The number of alkyl halides is 3. The Morgan fingerprint density at radius 2 is 2.29 bits per heavy atom. The lowest BCUT2D eigenvalue weighted by Gasteiger charge is -2.21. The van der Waals surface area contributed by atoms with Gasteiger partial charge in [-0.15, -0.1) is 0 Å². The molecule has 2 N–H and O–H groups in total. The molecule has 1 aliphatic rings. The van der Waals surface area contributed by atoms with E-state index in [2.05, 4.69) is 5.10 Å². The smallest absolute Gasteiger partial charge is 0.431 e. The lowest BCUT2D eigenvalue weighted by Crippen LogP contribution is -2.47. The highest BCUT2D eigenvalue weighted by Gasteiger charge is 2.49. The number of nitrogens with one attached hydrogen (secondary N) is 1. The fourth-order valence-electron chi connectivity index (χ4n) is 1.18. The van der Waals surface area contributed by atoms with Crippen LogP contribution in [0.3, 0.4) is 0 Å². The second-order valence-corrected chi connectivity index (χ2v) is 3.09. The van der Waals surface area contributed by atoms with E-state index in [1.54, 1.807) is 0 Å². The zero-order valence-corrected chi connectivity index (χ0v) is 7.35. The molecule has 1 aliphatic heterocycles. The Bertz CT molecular complexity index is 287. The maximum atomic E-state index is 12.1. The number of rotatable bonds is 2. The van der Waals surface area contributed by atoms with Crippen LogP contribution in [0.1, 0.15) is 19.8 Å². The molecule has 0 aromatic rings. The minimum atomic E-state index is -4.56. The Kier molecular flexibility index (Phi) is 2.43. The van der Waals surface area contributed by atoms with Crippen molar-refractivity contribution < 1.29 is 23.1 Å². The van der Waals surface area contributed by atoms with Crippen molar-refractivity contribution in [3.05, 3.63) is 0 Å². The van der Waals surface area contributed by atoms with Gasteiger partial charge in [0.1, 0.15) is 5.71 Å². The Balaban J connectivity index is 2.83. The molecule has 0 aliphatic carbocycles. The predicted octanol–water partition coefficient (Wildman–Crippen LogP) is 1.13. The first-order valence-electron chi connectivity index (χ1n) is 3.96. The van der Waals surface area contributed by atoms with Crippen LogP contribution in [-0.4, -0.2) is 28.5 Å². The minimum Gasteiger partial charge on any atom is -0.479 e. The van der Waals surface area contributed by atoms with Crippen molar-refractivity contribution in [3.8, 4) is 0 Å². The first kappa shape index (κ1) is 10.8. The third-order valence-electron chi connectivity index (χ3n) is 2.21. The molecule has 0 radical (unpaired) electrons. The highest BCUT2D eigenvalue weighted by molar-refractivity contribution is 5.97. The molecule has 1 atom stereocenters. The Morgan fingerprint density at radius 1 is 1.71 bits per heavy atom. The summed E-state index contributed by atoms with van der Waals surface area (Å²) in [6.07, 6.45) is -5.13. The lowest BCUT2D eigenvalue weighted by atomic mass is 9.92. The molecule has 0 aromatic heterocycles. The monoisotopic (exact) mass is 210 g/mol. The topological polar surface area (TPSA) is 61.7 Å². The van der Waals surface area contributed by atoms with Gasteiger partial charge in [-0.25, -0.2) is 4.79 Å². The summed E-state index contributed by atoms with van der Waals surface area (Å²) in [4.78, 5) is 10.7. The molecular weight excluding hydrogens is 201 g/mol. The van der Waals surface area contributed by atoms with Crippen molar-refractivity contribution in [1.82, 2.24) is 5.43 Å². The number of hydrogen-bond donors (Lipinski definition) is 2. The molecule has 1 unspecified atom stereocenters. The predicted molar refractivity (Wildman–Crippen MR) is 41.9 cm³/mol. The van der Waals surface area contributed by atoms with Crippen LogP contribution in [0.5, 0.6) is 0 Å². The molecule has 1 rings (SSSR count). The molecule has 0 saturated heterocycles. The fourth-order valence-corrected chi connectivity index (χ4v) is 1.18. The van der Waals surface area contributed by atoms with E-state index in [4.69, 9.17) is 5.11 Å². The Morgan fingerprint density at radius 3 is 2.50 bits per heavy atom. The molecule has 0 saturated carbocycles. The average molecular weight is 210 g/mol. The molecule has 4 nitrogen and oxygen atoms in total. The number of aliphatic carboxylic acids is 1. The molecule has 0 bridgehead atoms. The molecule has 1 heterocycles. The van der Waals surface area contributed by atoms with Crippen LogP contribution in [0, 0.1) is 0 Å². The average Bonchev–Trinajstić information content (AvgIpc) is 2.47. The van der Waals surface area contributed by atoms with Crippen molar-refractivity contribution in [3.63, 3.8) is 0 Å². The quantitative estimate of drug-likeness (QED) is 0.718. The zero-order chi connectivity index (χ0) is 11.0. The summed E-state index contributed by atoms with van der Waals surface area (Å²) >= 11 is 0. The number of halogens is 3. The first-order chi connectivity index (χ1) is 6.32. The molecule has 14 heavy (non-hydrogen) atoms. The first-order valence-corrected chi connectivity index (χ1v) is 3.96. The normalized spacial score (nSPS) is 27.0.